The molecule has 13 heavy (non-hydrogen) atoms. The van der Waals surface area contributed by atoms with Gasteiger partial charge in [-0.15, -0.1) is 0 Å². The highest BCUT2D eigenvalue weighted by Gasteiger charge is 2.04. The minimum absolute atomic E-state index is 0.389. The van der Waals surface area contributed by atoms with Crippen molar-refractivity contribution in [3.05, 3.63) is 42.2 Å². The standard InChI is InChI=1S/C11H15NO/c1-9(2)11(13)6-5-10-4-3-7-12-8-10/h3-4,7-8,11,13H,1,5-6H2,2H3. The molecule has 0 bridgehead atoms. The van der Waals surface area contributed by atoms with Crippen molar-refractivity contribution >= 4 is 0 Å². The van der Waals surface area contributed by atoms with E-state index in [0.717, 1.165) is 24.0 Å². The van der Waals surface area contributed by atoms with Gasteiger partial charge in [0, 0.05) is 12.4 Å². The van der Waals surface area contributed by atoms with Crippen molar-refractivity contribution < 1.29 is 5.11 Å². The molecule has 2 heteroatoms. The van der Waals surface area contributed by atoms with Gasteiger partial charge in [0.1, 0.15) is 0 Å². The number of aliphatic hydroxyl groups is 1. The van der Waals surface area contributed by atoms with Crippen molar-refractivity contribution in [2.24, 2.45) is 0 Å². The highest BCUT2D eigenvalue weighted by molar-refractivity contribution is 5.09. The number of nitrogens with zero attached hydrogens (tertiary/aromatic N) is 1. The molecular weight excluding hydrogens is 162 g/mol. The number of aryl methyl sites for hydroxylation is 1. The summed E-state index contributed by atoms with van der Waals surface area (Å²) in [6.07, 6.45) is 4.76. The Bertz CT molecular complexity index is 269. The van der Waals surface area contributed by atoms with Crippen molar-refractivity contribution in [1.29, 1.82) is 0 Å². The smallest absolute Gasteiger partial charge is 0.0748 e. The maximum absolute atomic E-state index is 9.47. The first-order valence-electron chi connectivity index (χ1n) is 4.42. The molecule has 0 aromatic carbocycles. The van der Waals surface area contributed by atoms with Gasteiger partial charge in [0.05, 0.1) is 6.10 Å². The van der Waals surface area contributed by atoms with Crippen LogP contribution in [0, 0.1) is 0 Å². The van der Waals surface area contributed by atoms with Crippen molar-refractivity contribution in [1.82, 2.24) is 4.98 Å². The van der Waals surface area contributed by atoms with E-state index in [0.29, 0.717) is 0 Å². The van der Waals surface area contributed by atoms with E-state index in [1.54, 1.807) is 6.20 Å². The van der Waals surface area contributed by atoms with E-state index in [2.05, 4.69) is 11.6 Å². The van der Waals surface area contributed by atoms with Gasteiger partial charge in [0.2, 0.25) is 0 Å². The molecule has 1 heterocycles. The Morgan fingerprint density at radius 2 is 2.46 bits per heavy atom. The second-order valence-corrected chi connectivity index (χ2v) is 3.26. The van der Waals surface area contributed by atoms with E-state index in [9.17, 15) is 5.11 Å². The van der Waals surface area contributed by atoms with Crippen LogP contribution in [0.25, 0.3) is 0 Å². The summed E-state index contributed by atoms with van der Waals surface area (Å²) in [5, 5.41) is 9.47. The van der Waals surface area contributed by atoms with Crippen molar-refractivity contribution in [2.75, 3.05) is 0 Å². The normalized spacial score (nSPS) is 12.5. The lowest BCUT2D eigenvalue weighted by Gasteiger charge is -2.08. The number of hydrogen-bond acceptors (Lipinski definition) is 2. The summed E-state index contributed by atoms with van der Waals surface area (Å²) < 4.78 is 0. The third kappa shape index (κ3) is 3.38. The molecule has 0 radical (unpaired) electrons. The zero-order valence-corrected chi connectivity index (χ0v) is 7.90. The first-order chi connectivity index (χ1) is 6.20. The predicted octanol–water partition coefficient (Wildman–Crippen LogP) is 1.95. The highest BCUT2D eigenvalue weighted by Crippen LogP contribution is 2.08. The Kier molecular flexibility index (Phi) is 3.65. The van der Waals surface area contributed by atoms with Crippen LogP contribution in [0.2, 0.25) is 0 Å². The van der Waals surface area contributed by atoms with Gasteiger partial charge in [-0.3, -0.25) is 4.98 Å². The van der Waals surface area contributed by atoms with Crippen LogP contribution in [0.5, 0.6) is 0 Å². The molecule has 1 N–H and O–H groups in total. The predicted molar refractivity (Wildman–Crippen MR) is 53.4 cm³/mol. The minimum Gasteiger partial charge on any atom is -0.389 e. The van der Waals surface area contributed by atoms with Gasteiger partial charge in [-0.1, -0.05) is 18.2 Å². The molecule has 0 aliphatic rings. The Balaban J connectivity index is 2.39. The van der Waals surface area contributed by atoms with Crippen LogP contribution in [0.4, 0.5) is 0 Å². The van der Waals surface area contributed by atoms with Gasteiger partial charge in [0.25, 0.3) is 0 Å². The van der Waals surface area contributed by atoms with Crippen LogP contribution in [0.15, 0.2) is 36.7 Å². The zero-order chi connectivity index (χ0) is 9.68. The minimum atomic E-state index is -0.389. The van der Waals surface area contributed by atoms with E-state index in [-0.39, 0.29) is 6.10 Å². The largest absolute Gasteiger partial charge is 0.389 e. The first-order valence-corrected chi connectivity index (χ1v) is 4.42. The summed E-state index contributed by atoms with van der Waals surface area (Å²) in [5.74, 6) is 0. The molecule has 0 spiro atoms. The van der Waals surface area contributed by atoms with Gasteiger partial charge in [-0.05, 0) is 31.4 Å². The average molecular weight is 177 g/mol. The molecule has 1 aromatic heterocycles. The van der Waals surface area contributed by atoms with Crippen molar-refractivity contribution in [2.45, 2.75) is 25.9 Å². The third-order valence-corrected chi connectivity index (χ3v) is 2.00. The van der Waals surface area contributed by atoms with Crippen LogP contribution in [0.3, 0.4) is 0 Å². The third-order valence-electron chi connectivity index (χ3n) is 2.00. The monoisotopic (exact) mass is 177 g/mol. The fraction of sp³-hybridized carbons (Fsp3) is 0.364. The molecule has 1 aromatic rings. The molecule has 0 aliphatic carbocycles. The van der Waals surface area contributed by atoms with Crippen LogP contribution in [0.1, 0.15) is 18.9 Å². The van der Waals surface area contributed by atoms with E-state index >= 15 is 0 Å². The SMILES string of the molecule is C=C(C)C(O)CCc1cccnc1. The van der Waals surface area contributed by atoms with E-state index < -0.39 is 0 Å². The van der Waals surface area contributed by atoms with Crippen molar-refractivity contribution in [3.8, 4) is 0 Å². The zero-order valence-electron chi connectivity index (χ0n) is 7.90. The van der Waals surface area contributed by atoms with E-state index in [1.807, 2.05) is 25.3 Å². The Labute approximate surface area is 78.9 Å². The first kappa shape index (κ1) is 9.93. The lowest BCUT2D eigenvalue weighted by Crippen LogP contribution is -2.08. The molecule has 0 aliphatic heterocycles. The summed E-state index contributed by atoms with van der Waals surface area (Å²) in [5.41, 5.74) is 1.98. The second-order valence-electron chi connectivity index (χ2n) is 3.26. The average Bonchev–Trinajstić information content (AvgIpc) is 2.15. The molecule has 2 nitrogen and oxygen atoms in total. The van der Waals surface area contributed by atoms with Gasteiger partial charge in [0.15, 0.2) is 0 Å². The Hall–Kier alpha value is -1.15. The molecule has 1 rings (SSSR count). The maximum Gasteiger partial charge on any atom is 0.0748 e. The Morgan fingerprint density at radius 1 is 1.69 bits per heavy atom. The number of pyridine rings is 1. The topological polar surface area (TPSA) is 33.1 Å². The highest BCUT2D eigenvalue weighted by atomic mass is 16.3. The number of aliphatic hydroxyl groups excluding tert-OH is 1. The molecule has 70 valence electrons. The summed E-state index contributed by atoms with van der Waals surface area (Å²) >= 11 is 0. The number of aromatic nitrogens is 1. The summed E-state index contributed by atoms with van der Waals surface area (Å²) in [6, 6.07) is 3.92. The quantitative estimate of drug-likeness (QED) is 0.713. The van der Waals surface area contributed by atoms with Crippen LogP contribution in [-0.2, 0) is 6.42 Å². The van der Waals surface area contributed by atoms with E-state index in [4.69, 9.17) is 0 Å². The van der Waals surface area contributed by atoms with Crippen LogP contribution >= 0.6 is 0 Å². The molecule has 0 fully saturated rings. The maximum atomic E-state index is 9.47. The molecule has 0 saturated heterocycles. The molecule has 0 amide bonds. The van der Waals surface area contributed by atoms with Gasteiger partial charge in [-0.25, -0.2) is 0 Å². The summed E-state index contributed by atoms with van der Waals surface area (Å²) in [7, 11) is 0. The second kappa shape index (κ2) is 4.77. The summed E-state index contributed by atoms with van der Waals surface area (Å²) in [4.78, 5) is 4.00. The Morgan fingerprint density at radius 3 is 3.00 bits per heavy atom. The number of hydrogen-bond donors (Lipinski definition) is 1. The fourth-order valence-corrected chi connectivity index (χ4v) is 1.10. The number of rotatable bonds is 4. The lowest BCUT2D eigenvalue weighted by atomic mass is 10.0. The fourth-order valence-electron chi connectivity index (χ4n) is 1.10. The van der Waals surface area contributed by atoms with E-state index in [1.165, 1.54) is 0 Å². The van der Waals surface area contributed by atoms with Crippen molar-refractivity contribution in [3.63, 3.8) is 0 Å². The van der Waals surface area contributed by atoms with Crippen LogP contribution in [-0.4, -0.2) is 16.2 Å². The molecule has 0 saturated carbocycles. The van der Waals surface area contributed by atoms with Gasteiger partial charge >= 0.3 is 0 Å². The summed E-state index contributed by atoms with van der Waals surface area (Å²) in [6.45, 7) is 5.54. The van der Waals surface area contributed by atoms with Gasteiger partial charge < -0.3 is 5.11 Å². The molecule has 1 unspecified atom stereocenters. The molecule has 1 atom stereocenters. The van der Waals surface area contributed by atoms with Crippen LogP contribution < -0.4 is 0 Å². The molecular formula is C11H15NO. The lowest BCUT2D eigenvalue weighted by molar-refractivity contribution is 0.201. The van der Waals surface area contributed by atoms with Gasteiger partial charge in [-0.2, -0.15) is 0 Å².